The molecule has 0 amide bonds. The first-order valence-electron chi connectivity index (χ1n) is 13.2. The molecule has 186 valence electrons. The molecule has 1 aromatic heterocycles. The molecule has 5 rings (SSSR count). The number of carbonyl (C=O) groups is 1. The number of fused-ring (bicyclic) bond motifs is 1. The summed E-state index contributed by atoms with van der Waals surface area (Å²) in [6, 6.07) is 25.9. The summed E-state index contributed by atoms with van der Waals surface area (Å²) in [5.74, 6) is -0.321. The van der Waals surface area contributed by atoms with Crippen molar-refractivity contribution in [2.45, 2.75) is 46.1 Å². The SMILES string of the molecule is CCOC(=O)c1c(C(c2ccc(C)cc2)c2ccc(C)cc2)c2ccccc2n1CCN1CCCC1. The molecule has 0 unspecified atom stereocenters. The van der Waals surface area contributed by atoms with Crippen LogP contribution in [-0.2, 0) is 11.3 Å². The Labute approximate surface area is 214 Å². The molecule has 4 nitrogen and oxygen atoms in total. The van der Waals surface area contributed by atoms with E-state index in [4.69, 9.17) is 4.74 Å². The number of rotatable bonds is 8. The van der Waals surface area contributed by atoms with E-state index in [1.54, 1.807) is 0 Å². The first-order valence-corrected chi connectivity index (χ1v) is 13.2. The van der Waals surface area contributed by atoms with Crippen LogP contribution in [0.5, 0.6) is 0 Å². The van der Waals surface area contributed by atoms with Gasteiger partial charge in [0.2, 0.25) is 0 Å². The number of aromatic nitrogens is 1. The van der Waals surface area contributed by atoms with Crippen LogP contribution >= 0.6 is 0 Å². The Kier molecular flexibility index (Phi) is 7.24. The third-order valence-electron chi connectivity index (χ3n) is 7.43. The van der Waals surface area contributed by atoms with Crippen molar-refractivity contribution >= 4 is 16.9 Å². The largest absolute Gasteiger partial charge is 0.461 e. The second-order valence-electron chi connectivity index (χ2n) is 9.95. The van der Waals surface area contributed by atoms with Crippen molar-refractivity contribution in [1.82, 2.24) is 9.47 Å². The van der Waals surface area contributed by atoms with Crippen molar-refractivity contribution in [3.63, 3.8) is 0 Å². The van der Waals surface area contributed by atoms with Gasteiger partial charge in [-0.15, -0.1) is 0 Å². The number of nitrogens with zero attached hydrogens (tertiary/aromatic N) is 2. The lowest BCUT2D eigenvalue weighted by Crippen LogP contribution is -2.26. The number of para-hydroxylation sites is 1. The van der Waals surface area contributed by atoms with Gasteiger partial charge in [-0.1, -0.05) is 77.9 Å². The van der Waals surface area contributed by atoms with Crippen molar-refractivity contribution in [3.05, 3.63) is 106 Å². The second kappa shape index (κ2) is 10.7. The van der Waals surface area contributed by atoms with Gasteiger partial charge in [0, 0.05) is 35.5 Å². The number of benzene rings is 3. The zero-order chi connectivity index (χ0) is 25.1. The molecule has 1 aliphatic rings. The van der Waals surface area contributed by atoms with E-state index in [9.17, 15) is 4.79 Å². The molecule has 0 N–H and O–H groups in total. The minimum atomic E-state index is -0.241. The fourth-order valence-corrected chi connectivity index (χ4v) is 5.57. The summed E-state index contributed by atoms with van der Waals surface area (Å²) in [5, 5.41) is 1.12. The smallest absolute Gasteiger partial charge is 0.355 e. The molecule has 36 heavy (non-hydrogen) atoms. The molecule has 4 aromatic rings. The number of aryl methyl sites for hydroxylation is 2. The normalized spacial score (nSPS) is 14.1. The number of esters is 1. The fraction of sp³-hybridized carbons (Fsp3) is 0.344. The zero-order valence-electron chi connectivity index (χ0n) is 21.7. The molecule has 0 radical (unpaired) electrons. The molecular weight excluding hydrogens is 444 g/mol. The van der Waals surface area contributed by atoms with E-state index < -0.39 is 0 Å². The van der Waals surface area contributed by atoms with Crippen LogP contribution in [0.25, 0.3) is 10.9 Å². The lowest BCUT2D eigenvalue weighted by Gasteiger charge is -2.21. The molecule has 2 heterocycles. The number of hydrogen-bond donors (Lipinski definition) is 0. The maximum Gasteiger partial charge on any atom is 0.355 e. The van der Waals surface area contributed by atoms with Gasteiger partial charge in [-0.25, -0.2) is 4.79 Å². The maximum atomic E-state index is 13.7. The predicted molar refractivity (Wildman–Crippen MR) is 147 cm³/mol. The molecule has 0 spiro atoms. The maximum absolute atomic E-state index is 13.7. The van der Waals surface area contributed by atoms with E-state index in [-0.39, 0.29) is 11.9 Å². The van der Waals surface area contributed by atoms with Gasteiger partial charge < -0.3 is 14.2 Å². The van der Waals surface area contributed by atoms with Gasteiger partial charge in [0.05, 0.1) is 6.61 Å². The summed E-state index contributed by atoms with van der Waals surface area (Å²) in [6.07, 6.45) is 2.51. The lowest BCUT2D eigenvalue weighted by atomic mass is 9.83. The van der Waals surface area contributed by atoms with E-state index in [2.05, 4.69) is 96.1 Å². The summed E-state index contributed by atoms with van der Waals surface area (Å²) in [4.78, 5) is 16.2. The van der Waals surface area contributed by atoms with Crippen molar-refractivity contribution in [2.24, 2.45) is 0 Å². The molecule has 0 saturated carbocycles. The monoisotopic (exact) mass is 480 g/mol. The molecule has 1 saturated heterocycles. The van der Waals surface area contributed by atoms with Crippen LogP contribution in [0.3, 0.4) is 0 Å². The minimum absolute atomic E-state index is 0.0801. The molecule has 1 fully saturated rings. The molecule has 4 heteroatoms. The second-order valence-corrected chi connectivity index (χ2v) is 9.95. The molecule has 3 aromatic carbocycles. The standard InChI is InChI=1S/C32H36N2O2/c1-4-36-32(35)31-30(27-9-5-6-10-28(27)34(31)22-21-33-19-7-8-20-33)29(25-15-11-23(2)12-16-25)26-17-13-24(3)14-18-26/h5-6,9-18,29H,4,7-8,19-22H2,1-3H3. The van der Waals surface area contributed by atoms with Crippen LogP contribution in [0.4, 0.5) is 0 Å². The predicted octanol–water partition coefficient (Wildman–Crippen LogP) is 6.71. The summed E-state index contributed by atoms with van der Waals surface area (Å²) in [6.45, 7) is 10.4. The van der Waals surface area contributed by atoms with Crippen molar-refractivity contribution in [3.8, 4) is 0 Å². The summed E-state index contributed by atoms with van der Waals surface area (Å²) in [5.41, 5.74) is 7.62. The van der Waals surface area contributed by atoms with Crippen molar-refractivity contribution in [2.75, 3.05) is 26.2 Å². The molecule has 0 aliphatic carbocycles. The van der Waals surface area contributed by atoms with Crippen molar-refractivity contribution < 1.29 is 9.53 Å². The number of likely N-dealkylation sites (tertiary alicyclic amines) is 1. The van der Waals surface area contributed by atoms with Gasteiger partial charge in [-0.2, -0.15) is 0 Å². The quantitative estimate of drug-likeness (QED) is 0.263. The van der Waals surface area contributed by atoms with Gasteiger partial charge in [0.25, 0.3) is 0 Å². The van der Waals surface area contributed by atoms with E-state index in [1.807, 2.05) is 6.92 Å². The highest BCUT2D eigenvalue weighted by molar-refractivity contribution is 6.00. The molecule has 0 bridgehead atoms. The van der Waals surface area contributed by atoms with Gasteiger partial charge in [-0.3, -0.25) is 0 Å². The average Bonchev–Trinajstić information content (AvgIpc) is 3.52. The van der Waals surface area contributed by atoms with Crippen molar-refractivity contribution in [1.29, 1.82) is 0 Å². The van der Waals surface area contributed by atoms with Crippen LogP contribution in [0.1, 0.15) is 64.0 Å². The van der Waals surface area contributed by atoms with Crippen LogP contribution in [0.15, 0.2) is 72.8 Å². The number of carbonyl (C=O) groups excluding carboxylic acids is 1. The molecule has 0 atom stereocenters. The van der Waals surface area contributed by atoms with Crippen LogP contribution in [0, 0.1) is 13.8 Å². The number of ether oxygens (including phenoxy) is 1. The highest BCUT2D eigenvalue weighted by Gasteiger charge is 2.31. The molecule has 1 aliphatic heterocycles. The van der Waals surface area contributed by atoms with E-state index in [1.165, 1.54) is 35.1 Å². The first-order chi connectivity index (χ1) is 17.6. The van der Waals surface area contributed by atoms with Gasteiger partial charge in [-0.05, 0) is 63.9 Å². The fourth-order valence-electron chi connectivity index (χ4n) is 5.57. The Morgan fingerprint density at radius 2 is 1.42 bits per heavy atom. The highest BCUT2D eigenvalue weighted by Crippen LogP contribution is 2.40. The number of hydrogen-bond acceptors (Lipinski definition) is 3. The Hall–Kier alpha value is -3.37. The summed E-state index contributed by atoms with van der Waals surface area (Å²) < 4.78 is 7.92. The van der Waals surface area contributed by atoms with E-state index in [0.717, 1.165) is 42.6 Å². The highest BCUT2D eigenvalue weighted by atomic mass is 16.5. The third-order valence-corrected chi connectivity index (χ3v) is 7.43. The Bertz CT molecular complexity index is 1280. The summed E-state index contributed by atoms with van der Waals surface area (Å²) in [7, 11) is 0. The van der Waals surface area contributed by atoms with Crippen LogP contribution in [0.2, 0.25) is 0 Å². The van der Waals surface area contributed by atoms with E-state index >= 15 is 0 Å². The first kappa shape index (κ1) is 24.3. The van der Waals surface area contributed by atoms with Gasteiger partial charge >= 0.3 is 5.97 Å². The topological polar surface area (TPSA) is 34.5 Å². The lowest BCUT2D eigenvalue weighted by molar-refractivity contribution is 0.0512. The average molecular weight is 481 g/mol. The van der Waals surface area contributed by atoms with E-state index in [0.29, 0.717) is 12.3 Å². The Morgan fingerprint density at radius 1 is 0.833 bits per heavy atom. The van der Waals surface area contributed by atoms with Crippen LogP contribution in [-0.4, -0.2) is 41.7 Å². The summed E-state index contributed by atoms with van der Waals surface area (Å²) >= 11 is 0. The Balaban J connectivity index is 1.74. The van der Waals surface area contributed by atoms with Crippen LogP contribution < -0.4 is 0 Å². The minimum Gasteiger partial charge on any atom is -0.461 e. The van der Waals surface area contributed by atoms with Gasteiger partial charge in [0.1, 0.15) is 5.69 Å². The Morgan fingerprint density at radius 3 is 2.00 bits per heavy atom. The third kappa shape index (κ3) is 4.83. The zero-order valence-corrected chi connectivity index (χ0v) is 21.7. The molecular formula is C32H36N2O2. The van der Waals surface area contributed by atoms with Gasteiger partial charge in [0.15, 0.2) is 0 Å².